The van der Waals surface area contributed by atoms with E-state index >= 15 is 0 Å². The Kier molecular flexibility index (Phi) is 5.15. The first-order valence-corrected chi connectivity index (χ1v) is 8.73. The van der Waals surface area contributed by atoms with E-state index in [2.05, 4.69) is 21.3 Å². The third kappa shape index (κ3) is 3.83. The van der Waals surface area contributed by atoms with Crippen molar-refractivity contribution in [2.45, 2.75) is 4.90 Å². The van der Waals surface area contributed by atoms with Crippen molar-refractivity contribution in [2.24, 2.45) is 0 Å². The first-order valence-electron chi connectivity index (χ1n) is 7.51. The summed E-state index contributed by atoms with van der Waals surface area (Å²) in [7, 11) is 0. The van der Waals surface area contributed by atoms with Gasteiger partial charge in [-0.3, -0.25) is 9.78 Å². The molecule has 0 atom stereocenters. The van der Waals surface area contributed by atoms with E-state index < -0.39 is 0 Å². The number of nitrogens with one attached hydrogen (secondary N) is 1. The molecule has 3 rings (SSSR count). The minimum atomic E-state index is -0.197. The SMILES string of the molecule is CSc1ccc(NC(=O)c2ccccn2)c(N2CCOCC2)c1. The van der Waals surface area contributed by atoms with Gasteiger partial charge >= 0.3 is 0 Å². The first kappa shape index (κ1) is 15.8. The Morgan fingerprint density at radius 1 is 1.26 bits per heavy atom. The Morgan fingerprint density at radius 3 is 2.78 bits per heavy atom. The summed E-state index contributed by atoms with van der Waals surface area (Å²) in [5.41, 5.74) is 2.25. The van der Waals surface area contributed by atoms with Crippen molar-refractivity contribution >= 4 is 29.0 Å². The van der Waals surface area contributed by atoms with E-state index in [0.29, 0.717) is 18.9 Å². The van der Waals surface area contributed by atoms with Crippen LogP contribution in [-0.4, -0.2) is 43.5 Å². The van der Waals surface area contributed by atoms with E-state index in [1.807, 2.05) is 24.5 Å². The van der Waals surface area contributed by atoms with E-state index in [0.717, 1.165) is 24.5 Å². The second kappa shape index (κ2) is 7.48. The monoisotopic (exact) mass is 329 g/mol. The van der Waals surface area contributed by atoms with Gasteiger partial charge in [-0.2, -0.15) is 0 Å². The van der Waals surface area contributed by atoms with Crippen molar-refractivity contribution in [1.82, 2.24) is 4.98 Å². The largest absolute Gasteiger partial charge is 0.378 e. The first-order chi connectivity index (χ1) is 11.3. The standard InChI is InChI=1S/C17H19N3O2S/c1-23-13-5-6-14(16(12-13)20-8-10-22-11-9-20)19-17(21)15-4-2-3-7-18-15/h2-7,12H,8-11H2,1H3,(H,19,21). The number of ether oxygens (including phenoxy) is 1. The fourth-order valence-electron chi connectivity index (χ4n) is 2.49. The zero-order valence-corrected chi connectivity index (χ0v) is 13.8. The van der Waals surface area contributed by atoms with Crippen LogP contribution in [0, 0.1) is 0 Å². The van der Waals surface area contributed by atoms with Crippen molar-refractivity contribution in [3.63, 3.8) is 0 Å². The molecule has 2 heterocycles. The molecule has 0 spiro atoms. The van der Waals surface area contributed by atoms with E-state index in [4.69, 9.17) is 4.74 Å². The Bertz CT molecular complexity index is 673. The van der Waals surface area contributed by atoms with Gasteiger partial charge in [0.25, 0.3) is 5.91 Å². The van der Waals surface area contributed by atoms with Crippen LogP contribution in [-0.2, 0) is 4.74 Å². The summed E-state index contributed by atoms with van der Waals surface area (Å²) in [5.74, 6) is -0.197. The molecule has 0 saturated carbocycles. The van der Waals surface area contributed by atoms with Gasteiger partial charge < -0.3 is 15.0 Å². The zero-order valence-electron chi connectivity index (χ0n) is 13.0. The molecule has 1 amide bonds. The van der Waals surface area contributed by atoms with Crippen LogP contribution in [0.1, 0.15) is 10.5 Å². The summed E-state index contributed by atoms with van der Waals surface area (Å²) in [5, 5.41) is 2.98. The maximum atomic E-state index is 12.4. The molecule has 0 radical (unpaired) electrons. The summed E-state index contributed by atoms with van der Waals surface area (Å²) in [6, 6.07) is 11.4. The highest BCUT2D eigenvalue weighted by Gasteiger charge is 2.17. The molecule has 5 nitrogen and oxygen atoms in total. The van der Waals surface area contributed by atoms with Crippen LogP contribution in [0.2, 0.25) is 0 Å². The van der Waals surface area contributed by atoms with Crippen LogP contribution in [0.4, 0.5) is 11.4 Å². The van der Waals surface area contributed by atoms with Gasteiger partial charge in [0.2, 0.25) is 0 Å². The van der Waals surface area contributed by atoms with Crippen molar-refractivity contribution in [3.05, 3.63) is 48.3 Å². The molecule has 120 valence electrons. The number of pyridine rings is 1. The number of amides is 1. The summed E-state index contributed by atoms with van der Waals surface area (Å²) in [6.45, 7) is 3.06. The summed E-state index contributed by atoms with van der Waals surface area (Å²) < 4.78 is 5.42. The second-order valence-corrected chi connectivity index (χ2v) is 6.03. The minimum Gasteiger partial charge on any atom is -0.378 e. The molecule has 1 aliphatic rings. The van der Waals surface area contributed by atoms with Crippen LogP contribution in [0.3, 0.4) is 0 Å². The zero-order chi connectivity index (χ0) is 16.1. The van der Waals surface area contributed by atoms with Gasteiger partial charge in [0.05, 0.1) is 24.6 Å². The molecule has 1 saturated heterocycles. The number of benzene rings is 1. The summed E-state index contributed by atoms with van der Waals surface area (Å²) in [4.78, 5) is 19.9. The van der Waals surface area contributed by atoms with Gasteiger partial charge in [0.15, 0.2) is 0 Å². The number of morpholine rings is 1. The number of anilines is 2. The molecule has 0 bridgehead atoms. The van der Waals surface area contributed by atoms with Crippen molar-refractivity contribution in [2.75, 3.05) is 42.8 Å². The molecule has 0 aliphatic carbocycles. The molecule has 1 fully saturated rings. The number of hydrogen-bond donors (Lipinski definition) is 1. The second-order valence-electron chi connectivity index (χ2n) is 5.15. The summed E-state index contributed by atoms with van der Waals surface area (Å²) >= 11 is 1.69. The molecule has 1 aromatic heterocycles. The molecule has 1 N–H and O–H groups in total. The van der Waals surface area contributed by atoms with E-state index in [-0.39, 0.29) is 5.91 Å². The highest BCUT2D eigenvalue weighted by Crippen LogP contribution is 2.31. The van der Waals surface area contributed by atoms with Gasteiger partial charge in [-0.15, -0.1) is 11.8 Å². The molecule has 23 heavy (non-hydrogen) atoms. The summed E-state index contributed by atoms with van der Waals surface area (Å²) in [6.07, 6.45) is 3.67. The molecular weight excluding hydrogens is 310 g/mol. The normalized spacial score (nSPS) is 14.6. The quantitative estimate of drug-likeness (QED) is 0.874. The minimum absolute atomic E-state index is 0.197. The van der Waals surface area contributed by atoms with Gasteiger partial charge in [-0.05, 0) is 36.6 Å². The molecule has 6 heteroatoms. The van der Waals surface area contributed by atoms with Crippen LogP contribution in [0.15, 0.2) is 47.5 Å². The third-order valence-electron chi connectivity index (χ3n) is 3.70. The molecule has 1 aliphatic heterocycles. The lowest BCUT2D eigenvalue weighted by Gasteiger charge is -2.30. The van der Waals surface area contributed by atoms with Crippen LogP contribution >= 0.6 is 11.8 Å². The Balaban J connectivity index is 1.87. The Morgan fingerprint density at radius 2 is 2.09 bits per heavy atom. The maximum Gasteiger partial charge on any atom is 0.274 e. The smallest absolute Gasteiger partial charge is 0.274 e. The molecule has 0 unspecified atom stereocenters. The topological polar surface area (TPSA) is 54.5 Å². The van der Waals surface area contributed by atoms with Crippen LogP contribution in [0.25, 0.3) is 0 Å². The third-order valence-corrected chi connectivity index (χ3v) is 4.43. The lowest BCUT2D eigenvalue weighted by Crippen LogP contribution is -2.36. The average Bonchev–Trinajstić information content (AvgIpc) is 2.63. The molecule has 1 aromatic carbocycles. The van der Waals surface area contributed by atoms with E-state index in [9.17, 15) is 4.79 Å². The van der Waals surface area contributed by atoms with Gasteiger partial charge in [-0.1, -0.05) is 6.07 Å². The highest BCUT2D eigenvalue weighted by atomic mass is 32.2. The predicted molar refractivity (Wildman–Crippen MR) is 93.4 cm³/mol. The van der Waals surface area contributed by atoms with Crippen molar-refractivity contribution in [1.29, 1.82) is 0 Å². The number of thioether (sulfide) groups is 1. The van der Waals surface area contributed by atoms with Crippen LogP contribution < -0.4 is 10.2 Å². The van der Waals surface area contributed by atoms with E-state index in [1.165, 1.54) is 4.90 Å². The fourth-order valence-corrected chi connectivity index (χ4v) is 2.93. The number of nitrogens with zero attached hydrogens (tertiary/aromatic N) is 2. The van der Waals surface area contributed by atoms with Crippen molar-refractivity contribution in [3.8, 4) is 0 Å². The van der Waals surface area contributed by atoms with Gasteiger partial charge in [0.1, 0.15) is 5.69 Å². The predicted octanol–water partition coefficient (Wildman–Crippen LogP) is 2.89. The Labute approximate surface area is 140 Å². The maximum absolute atomic E-state index is 12.4. The lowest BCUT2D eigenvalue weighted by molar-refractivity contribution is 0.102. The number of carbonyl (C=O) groups is 1. The average molecular weight is 329 g/mol. The van der Waals surface area contributed by atoms with Crippen LogP contribution in [0.5, 0.6) is 0 Å². The number of carbonyl (C=O) groups excluding carboxylic acids is 1. The highest BCUT2D eigenvalue weighted by molar-refractivity contribution is 7.98. The van der Waals surface area contributed by atoms with Gasteiger partial charge in [0, 0.05) is 24.2 Å². The lowest BCUT2D eigenvalue weighted by atomic mass is 10.2. The van der Waals surface area contributed by atoms with E-state index in [1.54, 1.807) is 30.1 Å². The fraction of sp³-hybridized carbons (Fsp3) is 0.294. The van der Waals surface area contributed by atoms with Gasteiger partial charge in [-0.25, -0.2) is 0 Å². The Hall–Kier alpha value is -2.05. The number of hydrogen-bond acceptors (Lipinski definition) is 5. The molecular formula is C17H19N3O2S. The van der Waals surface area contributed by atoms with Crippen molar-refractivity contribution < 1.29 is 9.53 Å². The molecule has 2 aromatic rings. The number of aromatic nitrogens is 1. The number of rotatable bonds is 4.